The Hall–Kier alpha value is -1.40. The minimum Gasteiger partial charge on any atom is -0.340 e. The predicted molar refractivity (Wildman–Crippen MR) is 105 cm³/mol. The van der Waals surface area contributed by atoms with Crippen LogP contribution in [-0.4, -0.2) is 60.4 Å². The van der Waals surface area contributed by atoms with Crippen molar-refractivity contribution in [1.29, 1.82) is 0 Å². The van der Waals surface area contributed by atoms with Crippen molar-refractivity contribution in [3.05, 3.63) is 28.7 Å². The molecular weight excluding hydrogens is 394 g/mol. The Balaban J connectivity index is 1.35. The summed E-state index contributed by atoms with van der Waals surface area (Å²) in [5.41, 5.74) is 0.866. The van der Waals surface area contributed by atoms with Crippen LogP contribution in [0.1, 0.15) is 32.1 Å². The van der Waals surface area contributed by atoms with Gasteiger partial charge in [0.2, 0.25) is 11.8 Å². The van der Waals surface area contributed by atoms with E-state index in [1.807, 2.05) is 29.2 Å². The summed E-state index contributed by atoms with van der Waals surface area (Å²) in [6.07, 6.45) is 5.65. The first-order valence-corrected chi connectivity index (χ1v) is 10.5. The molecule has 6 heteroatoms. The van der Waals surface area contributed by atoms with Gasteiger partial charge < -0.3 is 9.80 Å². The Kier molecular flexibility index (Phi) is 5.32. The number of carbonyl (C=O) groups excluding carboxylic acids is 2. The van der Waals surface area contributed by atoms with E-state index in [-0.39, 0.29) is 17.7 Å². The van der Waals surface area contributed by atoms with Gasteiger partial charge in [-0.1, -0.05) is 34.8 Å². The van der Waals surface area contributed by atoms with Gasteiger partial charge >= 0.3 is 0 Å². The molecule has 4 rings (SSSR count). The van der Waals surface area contributed by atoms with Crippen LogP contribution in [0.15, 0.2) is 28.7 Å². The molecule has 1 aromatic rings. The normalized spacial score (nSPS) is 25.3. The second-order valence-electron chi connectivity index (χ2n) is 7.68. The van der Waals surface area contributed by atoms with Gasteiger partial charge in [0.25, 0.3) is 0 Å². The van der Waals surface area contributed by atoms with E-state index in [4.69, 9.17) is 0 Å². The van der Waals surface area contributed by atoms with Gasteiger partial charge in [0, 0.05) is 55.3 Å². The average Bonchev–Trinajstić information content (AvgIpc) is 3.31. The molecule has 2 saturated heterocycles. The van der Waals surface area contributed by atoms with Crippen LogP contribution in [0.3, 0.4) is 0 Å². The second-order valence-corrected chi connectivity index (χ2v) is 8.60. The minimum absolute atomic E-state index is 0.0473. The largest absolute Gasteiger partial charge is 0.340 e. The Bertz CT molecular complexity index is 681. The van der Waals surface area contributed by atoms with Gasteiger partial charge in [-0.15, -0.1) is 0 Å². The maximum Gasteiger partial charge on any atom is 0.228 e. The molecule has 0 aromatic heterocycles. The summed E-state index contributed by atoms with van der Waals surface area (Å²) in [6.45, 7) is 4.06. The molecule has 1 aliphatic carbocycles. The maximum atomic E-state index is 12.9. The van der Waals surface area contributed by atoms with Crippen molar-refractivity contribution in [1.82, 2.24) is 9.80 Å². The zero-order valence-corrected chi connectivity index (χ0v) is 16.7. The molecule has 26 heavy (non-hydrogen) atoms. The molecule has 3 aliphatic rings. The van der Waals surface area contributed by atoms with E-state index in [1.165, 1.54) is 25.7 Å². The molecule has 0 spiro atoms. The number of carbonyl (C=O) groups is 2. The van der Waals surface area contributed by atoms with Crippen molar-refractivity contribution >= 4 is 33.4 Å². The Labute approximate surface area is 163 Å². The van der Waals surface area contributed by atoms with Crippen molar-refractivity contribution in [2.75, 3.05) is 37.6 Å². The van der Waals surface area contributed by atoms with Crippen LogP contribution in [0, 0.1) is 5.92 Å². The van der Waals surface area contributed by atoms with Gasteiger partial charge in [0.05, 0.1) is 5.92 Å². The number of hydrogen-bond donors (Lipinski definition) is 0. The molecule has 0 N–H and O–H groups in total. The zero-order valence-electron chi connectivity index (χ0n) is 15.1. The summed E-state index contributed by atoms with van der Waals surface area (Å²) in [4.78, 5) is 31.7. The monoisotopic (exact) mass is 419 g/mol. The number of halogens is 1. The van der Waals surface area contributed by atoms with Crippen LogP contribution in [0.4, 0.5) is 5.69 Å². The molecule has 1 aromatic carbocycles. The molecule has 2 aliphatic heterocycles. The highest BCUT2D eigenvalue weighted by atomic mass is 79.9. The van der Waals surface area contributed by atoms with E-state index in [1.54, 1.807) is 4.90 Å². The lowest BCUT2D eigenvalue weighted by Gasteiger charge is -2.38. The van der Waals surface area contributed by atoms with E-state index in [0.29, 0.717) is 13.0 Å². The molecule has 1 unspecified atom stereocenters. The summed E-state index contributed by atoms with van der Waals surface area (Å²) >= 11 is 3.45. The van der Waals surface area contributed by atoms with Crippen LogP contribution in [0.25, 0.3) is 0 Å². The Morgan fingerprint density at radius 1 is 1.08 bits per heavy atom. The fourth-order valence-electron chi connectivity index (χ4n) is 4.60. The summed E-state index contributed by atoms with van der Waals surface area (Å²) in [5, 5.41) is 0. The molecule has 3 fully saturated rings. The SMILES string of the molecule is O=C(C1CC(=O)N(c2cccc(Br)c2)C1)N1CCN(C2CCCC2)CC1. The summed E-state index contributed by atoms with van der Waals surface area (Å²) in [7, 11) is 0. The van der Waals surface area contributed by atoms with Gasteiger partial charge in [-0.2, -0.15) is 0 Å². The Morgan fingerprint density at radius 2 is 1.81 bits per heavy atom. The fraction of sp³-hybridized carbons (Fsp3) is 0.600. The molecule has 2 heterocycles. The minimum atomic E-state index is -0.209. The zero-order chi connectivity index (χ0) is 18.1. The van der Waals surface area contributed by atoms with E-state index in [9.17, 15) is 9.59 Å². The van der Waals surface area contributed by atoms with Gasteiger partial charge in [0.15, 0.2) is 0 Å². The second kappa shape index (κ2) is 7.69. The van der Waals surface area contributed by atoms with Crippen LogP contribution in [0.2, 0.25) is 0 Å². The molecule has 140 valence electrons. The predicted octanol–water partition coefficient (Wildman–Crippen LogP) is 2.89. The van der Waals surface area contributed by atoms with E-state index in [0.717, 1.165) is 42.4 Å². The maximum absolute atomic E-state index is 12.9. The highest BCUT2D eigenvalue weighted by Gasteiger charge is 2.38. The molecule has 1 saturated carbocycles. The van der Waals surface area contributed by atoms with E-state index < -0.39 is 0 Å². The molecule has 2 amide bonds. The summed E-state index contributed by atoms with van der Waals surface area (Å²) in [6, 6.07) is 8.45. The van der Waals surface area contributed by atoms with Crippen LogP contribution >= 0.6 is 15.9 Å². The third-order valence-corrected chi connectivity index (χ3v) is 6.55. The molecular formula is C20H26BrN3O2. The lowest BCUT2D eigenvalue weighted by molar-refractivity contribution is -0.137. The quantitative estimate of drug-likeness (QED) is 0.756. The molecule has 1 atom stereocenters. The smallest absolute Gasteiger partial charge is 0.228 e. The number of benzene rings is 1. The lowest BCUT2D eigenvalue weighted by Crippen LogP contribution is -2.52. The lowest BCUT2D eigenvalue weighted by atomic mass is 10.1. The average molecular weight is 420 g/mol. The summed E-state index contributed by atoms with van der Waals surface area (Å²) in [5.74, 6) is -0.00697. The van der Waals surface area contributed by atoms with Crippen LogP contribution < -0.4 is 4.90 Å². The number of amides is 2. The molecule has 5 nitrogen and oxygen atoms in total. The molecule has 0 radical (unpaired) electrons. The highest BCUT2D eigenvalue weighted by Crippen LogP contribution is 2.29. The first-order chi connectivity index (χ1) is 12.6. The third-order valence-electron chi connectivity index (χ3n) is 6.06. The number of rotatable bonds is 3. The number of anilines is 1. The van der Waals surface area contributed by atoms with Gasteiger partial charge in [-0.05, 0) is 31.0 Å². The number of hydrogen-bond acceptors (Lipinski definition) is 3. The third kappa shape index (κ3) is 3.67. The highest BCUT2D eigenvalue weighted by molar-refractivity contribution is 9.10. The van der Waals surface area contributed by atoms with Crippen molar-refractivity contribution in [3.8, 4) is 0 Å². The number of piperazine rings is 1. The standard InChI is InChI=1S/C20H26BrN3O2/c21-16-4-3-7-18(13-16)24-14-15(12-19(24)25)20(26)23-10-8-22(9-11-23)17-5-1-2-6-17/h3-4,7,13,15,17H,1-2,5-6,8-12,14H2. The topological polar surface area (TPSA) is 43.9 Å². The number of nitrogens with zero attached hydrogens (tertiary/aromatic N) is 3. The Morgan fingerprint density at radius 3 is 2.50 bits per heavy atom. The van der Waals surface area contributed by atoms with E-state index >= 15 is 0 Å². The van der Waals surface area contributed by atoms with Crippen LogP contribution in [0.5, 0.6) is 0 Å². The van der Waals surface area contributed by atoms with Gasteiger partial charge in [-0.3, -0.25) is 14.5 Å². The van der Waals surface area contributed by atoms with Crippen molar-refractivity contribution in [3.63, 3.8) is 0 Å². The first-order valence-electron chi connectivity index (χ1n) is 9.70. The fourth-order valence-corrected chi connectivity index (χ4v) is 4.99. The van der Waals surface area contributed by atoms with Gasteiger partial charge in [0.1, 0.15) is 0 Å². The summed E-state index contributed by atoms with van der Waals surface area (Å²) < 4.78 is 0.945. The van der Waals surface area contributed by atoms with Crippen molar-refractivity contribution < 1.29 is 9.59 Å². The van der Waals surface area contributed by atoms with Crippen molar-refractivity contribution in [2.45, 2.75) is 38.1 Å². The van der Waals surface area contributed by atoms with Crippen molar-refractivity contribution in [2.24, 2.45) is 5.92 Å². The van der Waals surface area contributed by atoms with Gasteiger partial charge in [-0.25, -0.2) is 0 Å². The van der Waals surface area contributed by atoms with Crippen LogP contribution in [-0.2, 0) is 9.59 Å². The first kappa shape index (κ1) is 18.0. The molecule has 0 bridgehead atoms. The van der Waals surface area contributed by atoms with E-state index in [2.05, 4.69) is 20.8 Å².